The van der Waals surface area contributed by atoms with Gasteiger partial charge in [0.1, 0.15) is 17.5 Å². The van der Waals surface area contributed by atoms with Crippen LogP contribution in [0.2, 0.25) is 0 Å². The lowest BCUT2D eigenvalue weighted by Crippen LogP contribution is -2.36. The molecule has 1 unspecified atom stereocenters. The number of nitrogens with one attached hydrogen (secondary N) is 2. The van der Waals surface area contributed by atoms with Crippen LogP contribution in [-0.4, -0.2) is 41.6 Å². The van der Waals surface area contributed by atoms with E-state index in [0.717, 1.165) is 55.5 Å². The molecule has 6 heteroatoms. The predicted octanol–water partition coefficient (Wildman–Crippen LogP) is 1.49. The van der Waals surface area contributed by atoms with E-state index in [4.69, 9.17) is 4.98 Å². The van der Waals surface area contributed by atoms with E-state index in [-0.39, 0.29) is 11.9 Å². The topological polar surface area (TPSA) is 70.2 Å². The summed E-state index contributed by atoms with van der Waals surface area (Å²) < 4.78 is 0. The fraction of sp³-hybridized carbons (Fsp3) is 0.667. The first-order valence-electron chi connectivity index (χ1n) is 7.68. The van der Waals surface area contributed by atoms with Gasteiger partial charge in [-0.2, -0.15) is 0 Å². The number of carbonyl (C=O) groups is 1. The minimum atomic E-state index is 0.0313. The summed E-state index contributed by atoms with van der Waals surface area (Å²) in [4.78, 5) is 22.7. The molecule has 1 saturated heterocycles. The zero-order chi connectivity index (χ0) is 15.4. The Bertz CT molecular complexity index is 517. The molecule has 1 aromatic rings. The maximum Gasteiger partial charge on any atom is 0.217 e. The van der Waals surface area contributed by atoms with Crippen LogP contribution in [0.1, 0.15) is 38.6 Å². The predicted molar refractivity (Wildman–Crippen MR) is 84.7 cm³/mol. The summed E-state index contributed by atoms with van der Waals surface area (Å²) in [5, 5.41) is 6.30. The van der Waals surface area contributed by atoms with Gasteiger partial charge in [-0.1, -0.05) is 6.92 Å². The zero-order valence-corrected chi connectivity index (χ0v) is 13.4. The van der Waals surface area contributed by atoms with Gasteiger partial charge in [-0.15, -0.1) is 0 Å². The quantitative estimate of drug-likeness (QED) is 0.860. The smallest absolute Gasteiger partial charge is 0.217 e. The van der Waals surface area contributed by atoms with Gasteiger partial charge in [-0.3, -0.25) is 4.79 Å². The molecule has 2 N–H and O–H groups in total. The molecule has 1 aromatic heterocycles. The Morgan fingerprint density at radius 1 is 1.38 bits per heavy atom. The molecular weight excluding hydrogens is 266 g/mol. The van der Waals surface area contributed by atoms with E-state index in [1.165, 1.54) is 0 Å². The zero-order valence-electron chi connectivity index (χ0n) is 13.4. The van der Waals surface area contributed by atoms with Crippen molar-refractivity contribution in [1.29, 1.82) is 0 Å². The average Bonchev–Trinajstić information content (AvgIpc) is 2.88. The lowest BCUT2D eigenvalue weighted by Gasteiger charge is -2.22. The monoisotopic (exact) mass is 291 g/mol. The summed E-state index contributed by atoms with van der Waals surface area (Å²) in [6.45, 7) is 10.3. The molecule has 0 radical (unpaired) electrons. The van der Waals surface area contributed by atoms with Crippen LogP contribution in [0.15, 0.2) is 0 Å². The molecule has 21 heavy (non-hydrogen) atoms. The molecule has 1 fully saturated rings. The summed E-state index contributed by atoms with van der Waals surface area (Å²) in [6.07, 6.45) is 1.77. The van der Waals surface area contributed by atoms with Gasteiger partial charge in [0.15, 0.2) is 0 Å². The van der Waals surface area contributed by atoms with E-state index in [1.54, 1.807) is 6.92 Å². The second-order valence-corrected chi connectivity index (χ2v) is 5.45. The first kappa shape index (κ1) is 15.5. The highest BCUT2D eigenvalue weighted by atomic mass is 16.1. The highest BCUT2D eigenvalue weighted by Crippen LogP contribution is 2.26. The first-order chi connectivity index (χ1) is 10.0. The van der Waals surface area contributed by atoms with E-state index in [1.807, 2.05) is 0 Å². The SMILES string of the molecule is CCNc1nc(CC)nc(N2CCC(NC(C)=O)C2)c1C. The minimum absolute atomic E-state index is 0.0313. The van der Waals surface area contributed by atoms with Gasteiger partial charge in [0.25, 0.3) is 0 Å². The maximum atomic E-state index is 11.2. The summed E-state index contributed by atoms with van der Waals surface area (Å²) in [6, 6.07) is 0.213. The number of nitrogens with zero attached hydrogens (tertiary/aromatic N) is 3. The standard InChI is InChI=1S/C15H25N5O/c1-5-13-18-14(16-6-2)10(3)15(19-13)20-8-7-12(9-20)17-11(4)21/h12H,5-9H2,1-4H3,(H,17,21)(H,16,18,19). The first-order valence-corrected chi connectivity index (χ1v) is 7.68. The number of amides is 1. The molecule has 2 rings (SSSR count). The molecule has 0 bridgehead atoms. The number of hydrogen-bond acceptors (Lipinski definition) is 5. The number of aryl methyl sites for hydroxylation is 1. The lowest BCUT2D eigenvalue weighted by atomic mass is 10.2. The third kappa shape index (κ3) is 3.62. The minimum Gasteiger partial charge on any atom is -0.370 e. The van der Waals surface area contributed by atoms with Gasteiger partial charge >= 0.3 is 0 Å². The molecule has 2 heterocycles. The van der Waals surface area contributed by atoms with Crippen molar-refractivity contribution in [2.75, 3.05) is 29.9 Å². The third-order valence-corrected chi connectivity index (χ3v) is 3.72. The Morgan fingerprint density at radius 3 is 2.76 bits per heavy atom. The lowest BCUT2D eigenvalue weighted by molar-refractivity contribution is -0.119. The number of hydrogen-bond donors (Lipinski definition) is 2. The van der Waals surface area contributed by atoms with Crippen molar-refractivity contribution < 1.29 is 4.79 Å². The van der Waals surface area contributed by atoms with E-state index >= 15 is 0 Å². The molecule has 1 amide bonds. The number of anilines is 2. The molecule has 1 atom stereocenters. The van der Waals surface area contributed by atoms with Crippen LogP contribution in [0.3, 0.4) is 0 Å². The second-order valence-electron chi connectivity index (χ2n) is 5.45. The van der Waals surface area contributed by atoms with Crippen molar-refractivity contribution in [2.24, 2.45) is 0 Å². The molecule has 6 nitrogen and oxygen atoms in total. The summed E-state index contributed by atoms with van der Waals surface area (Å²) >= 11 is 0. The van der Waals surface area contributed by atoms with Gasteiger partial charge in [0.2, 0.25) is 5.91 Å². The van der Waals surface area contributed by atoms with Crippen LogP contribution in [0, 0.1) is 6.92 Å². The fourth-order valence-electron chi connectivity index (χ4n) is 2.71. The number of aromatic nitrogens is 2. The second kappa shape index (κ2) is 6.74. The van der Waals surface area contributed by atoms with E-state index in [2.05, 4.69) is 41.3 Å². The van der Waals surface area contributed by atoms with Crippen molar-refractivity contribution >= 4 is 17.5 Å². The summed E-state index contributed by atoms with van der Waals surface area (Å²) in [5.74, 6) is 2.80. The summed E-state index contributed by atoms with van der Waals surface area (Å²) in [7, 11) is 0. The molecular formula is C15H25N5O. The Morgan fingerprint density at radius 2 is 2.14 bits per heavy atom. The molecule has 1 aliphatic rings. The Balaban J connectivity index is 2.23. The van der Waals surface area contributed by atoms with Crippen LogP contribution < -0.4 is 15.5 Å². The van der Waals surface area contributed by atoms with Gasteiger partial charge in [0.05, 0.1) is 0 Å². The van der Waals surface area contributed by atoms with Crippen LogP contribution in [0.4, 0.5) is 11.6 Å². The van der Waals surface area contributed by atoms with Crippen molar-refractivity contribution in [3.8, 4) is 0 Å². The molecule has 0 aromatic carbocycles. The highest BCUT2D eigenvalue weighted by Gasteiger charge is 2.26. The maximum absolute atomic E-state index is 11.2. The van der Waals surface area contributed by atoms with Crippen LogP contribution in [0.25, 0.3) is 0 Å². The van der Waals surface area contributed by atoms with Crippen molar-refractivity contribution in [3.05, 3.63) is 11.4 Å². The van der Waals surface area contributed by atoms with Crippen LogP contribution in [0.5, 0.6) is 0 Å². The van der Waals surface area contributed by atoms with Crippen molar-refractivity contribution in [3.63, 3.8) is 0 Å². The van der Waals surface area contributed by atoms with E-state index in [9.17, 15) is 4.79 Å². The molecule has 1 aliphatic heterocycles. The Kier molecular flexibility index (Phi) is 4.98. The van der Waals surface area contributed by atoms with Gasteiger partial charge in [0, 0.05) is 44.6 Å². The third-order valence-electron chi connectivity index (χ3n) is 3.72. The highest BCUT2D eigenvalue weighted by molar-refractivity contribution is 5.73. The van der Waals surface area contributed by atoms with Crippen molar-refractivity contribution in [1.82, 2.24) is 15.3 Å². The van der Waals surface area contributed by atoms with Crippen molar-refractivity contribution in [2.45, 2.75) is 46.6 Å². The van der Waals surface area contributed by atoms with Gasteiger partial charge < -0.3 is 15.5 Å². The average molecular weight is 291 g/mol. The van der Waals surface area contributed by atoms with E-state index in [0.29, 0.717) is 0 Å². The number of carbonyl (C=O) groups excluding carboxylic acids is 1. The fourth-order valence-corrected chi connectivity index (χ4v) is 2.71. The Labute approximate surface area is 126 Å². The van der Waals surface area contributed by atoms with E-state index < -0.39 is 0 Å². The molecule has 0 spiro atoms. The summed E-state index contributed by atoms with van der Waals surface area (Å²) in [5.41, 5.74) is 1.08. The van der Waals surface area contributed by atoms with Gasteiger partial charge in [-0.25, -0.2) is 9.97 Å². The molecule has 0 aliphatic carbocycles. The van der Waals surface area contributed by atoms with Crippen LogP contribution in [-0.2, 0) is 11.2 Å². The van der Waals surface area contributed by atoms with Crippen LogP contribution >= 0.6 is 0 Å². The Hall–Kier alpha value is -1.85. The normalized spacial score (nSPS) is 17.9. The molecule has 0 saturated carbocycles. The largest absolute Gasteiger partial charge is 0.370 e. The molecule has 116 valence electrons. The number of rotatable bonds is 5. The van der Waals surface area contributed by atoms with Gasteiger partial charge in [-0.05, 0) is 20.3 Å².